The Kier molecular flexibility index (Phi) is 12.5. The summed E-state index contributed by atoms with van der Waals surface area (Å²) >= 11 is 12.5. The normalized spacial score (nSPS) is 19.6. The minimum Gasteiger partial charge on any atom is -0.537 e. The lowest BCUT2D eigenvalue weighted by molar-refractivity contribution is 0.453. The van der Waals surface area contributed by atoms with E-state index in [0.717, 1.165) is 10.9 Å². The third-order valence-corrected chi connectivity index (χ3v) is 6.06. The van der Waals surface area contributed by atoms with Crippen molar-refractivity contribution in [3.05, 3.63) is 87.3 Å². The molecule has 2 aliphatic rings. The van der Waals surface area contributed by atoms with E-state index in [0.29, 0.717) is 24.7 Å². The molecule has 2 nitrogen and oxygen atoms in total. The molecule has 2 aromatic carbocycles. The molecule has 6 heteroatoms. The van der Waals surface area contributed by atoms with Gasteiger partial charge in [0.15, 0.2) is 0 Å². The van der Waals surface area contributed by atoms with E-state index in [2.05, 4.69) is 85.1 Å². The summed E-state index contributed by atoms with van der Waals surface area (Å²) in [6.07, 6.45) is 16.4. The monoisotopic (exact) mass is 551 g/mol. The van der Waals surface area contributed by atoms with E-state index < -0.39 is 0 Å². The standard InChI is InChI=1S/C12H13Br.C6H5BBrO2.C6H9Cl/c13-12-8-4-7-11(9-12)10-5-2-1-3-6-10;8-5-2-1-3-6(4-5)10-7-9;7-6-4-2-1-3-5-6/h2,4-5,7-10H,1,3,6H2;1-4,9H;2,4,6H,1,3,5H2/t10-;;/m1../s1. The van der Waals surface area contributed by atoms with Crippen LogP contribution in [0.4, 0.5) is 0 Å². The molecule has 1 radical (unpaired) electrons. The van der Waals surface area contributed by atoms with E-state index in [1.807, 2.05) is 12.1 Å². The Morgan fingerprint density at radius 3 is 2.07 bits per heavy atom. The van der Waals surface area contributed by atoms with Gasteiger partial charge in [-0.3, -0.25) is 0 Å². The highest BCUT2D eigenvalue weighted by Gasteiger charge is 2.10. The van der Waals surface area contributed by atoms with Gasteiger partial charge < -0.3 is 9.68 Å². The lowest BCUT2D eigenvalue weighted by atomic mass is 9.89. The third-order valence-electron chi connectivity index (χ3n) is 4.71. The van der Waals surface area contributed by atoms with Crippen LogP contribution in [0, 0.1) is 0 Å². The summed E-state index contributed by atoms with van der Waals surface area (Å²) in [6.45, 7) is 0. The lowest BCUT2D eigenvalue weighted by Crippen LogP contribution is -1.98. The van der Waals surface area contributed by atoms with Crippen molar-refractivity contribution in [1.82, 2.24) is 0 Å². The van der Waals surface area contributed by atoms with Gasteiger partial charge >= 0.3 is 7.69 Å². The van der Waals surface area contributed by atoms with Crippen LogP contribution in [-0.4, -0.2) is 18.1 Å². The van der Waals surface area contributed by atoms with Gasteiger partial charge in [-0.05, 0) is 74.4 Å². The second-order valence-corrected chi connectivity index (χ2v) is 9.47. The lowest BCUT2D eigenvalue weighted by Gasteiger charge is -2.16. The van der Waals surface area contributed by atoms with E-state index in [1.54, 1.807) is 12.1 Å². The molecule has 159 valence electrons. The summed E-state index contributed by atoms with van der Waals surface area (Å²) in [7, 11) is 0.655. The van der Waals surface area contributed by atoms with E-state index >= 15 is 0 Å². The van der Waals surface area contributed by atoms with Crippen molar-refractivity contribution in [2.75, 3.05) is 0 Å². The van der Waals surface area contributed by atoms with Gasteiger partial charge in [-0.2, -0.15) is 0 Å². The second-order valence-electron chi connectivity index (χ2n) is 7.08. The quantitative estimate of drug-likeness (QED) is 0.237. The first-order chi connectivity index (χ1) is 14.6. The molecule has 4 rings (SSSR count). The van der Waals surface area contributed by atoms with Gasteiger partial charge in [-0.15, -0.1) is 11.6 Å². The molecule has 0 fully saturated rings. The van der Waals surface area contributed by atoms with Gasteiger partial charge in [0.1, 0.15) is 5.75 Å². The number of alkyl halides is 1. The van der Waals surface area contributed by atoms with Crippen LogP contribution < -0.4 is 4.65 Å². The van der Waals surface area contributed by atoms with Gasteiger partial charge in [-0.25, -0.2) is 0 Å². The summed E-state index contributed by atoms with van der Waals surface area (Å²) in [4.78, 5) is 0. The first-order valence-electron chi connectivity index (χ1n) is 10.2. The van der Waals surface area contributed by atoms with Gasteiger partial charge in [0.2, 0.25) is 0 Å². The van der Waals surface area contributed by atoms with Crippen LogP contribution in [0.15, 0.2) is 81.8 Å². The number of hydrogen-bond donors (Lipinski definition) is 1. The van der Waals surface area contributed by atoms with Gasteiger partial charge in [0.05, 0.1) is 5.38 Å². The summed E-state index contributed by atoms with van der Waals surface area (Å²) < 4.78 is 6.79. The Morgan fingerprint density at radius 1 is 0.900 bits per heavy atom. The SMILES string of the molecule is Brc1cccc([C@@H]2C=CCCC2)c1.ClC1C=CCCC1.O[B]Oc1cccc(Br)c1. The molecule has 0 saturated heterocycles. The van der Waals surface area contributed by atoms with Crippen molar-refractivity contribution in [3.63, 3.8) is 0 Å². The van der Waals surface area contributed by atoms with E-state index in [4.69, 9.17) is 16.6 Å². The van der Waals surface area contributed by atoms with Gasteiger partial charge in [-0.1, -0.05) is 74.4 Å². The van der Waals surface area contributed by atoms with Crippen molar-refractivity contribution in [3.8, 4) is 5.75 Å². The number of benzene rings is 2. The summed E-state index contributed by atoms with van der Waals surface area (Å²) in [5, 5.41) is 8.58. The third kappa shape index (κ3) is 10.3. The molecule has 0 aliphatic heterocycles. The average Bonchev–Trinajstić information content (AvgIpc) is 2.76. The molecular weight excluding hydrogens is 526 g/mol. The van der Waals surface area contributed by atoms with Crippen LogP contribution in [0.5, 0.6) is 5.75 Å². The molecule has 0 bridgehead atoms. The van der Waals surface area contributed by atoms with E-state index in [9.17, 15) is 0 Å². The number of halogens is 3. The van der Waals surface area contributed by atoms with Gasteiger partial charge in [0.25, 0.3) is 0 Å². The topological polar surface area (TPSA) is 29.5 Å². The zero-order valence-electron chi connectivity index (χ0n) is 16.9. The van der Waals surface area contributed by atoms with E-state index in [1.165, 1.54) is 42.1 Å². The van der Waals surface area contributed by atoms with Crippen LogP contribution in [0.25, 0.3) is 0 Å². The molecule has 30 heavy (non-hydrogen) atoms. The molecule has 0 saturated carbocycles. The number of rotatable bonds is 3. The summed E-state index contributed by atoms with van der Waals surface area (Å²) in [5.74, 6) is 1.25. The Balaban J connectivity index is 0.000000168. The molecule has 1 unspecified atom stereocenters. The molecular formula is C24H27BBr2ClO2. The minimum atomic E-state index is 0.328. The second kappa shape index (κ2) is 14.9. The Morgan fingerprint density at radius 2 is 1.57 bits per heavy atom. The zero-order chi connectivity index (χ0) is 21.6. The maximum atomic E-state index is 8.25. The molecule has 2 atom stereocenters. The van der Waals surface area contributed by atoms with Crippen LogP contribution in [-0.2, 0) is 0 Å². The number of allylic oxidation sites excluding steroid dienone is 4. The zero-order valence-corrected chi connectivity index (χ0v) is 20.8. The van der Waals surface area contributed by atoms with Gasteiger partial charge in [0, 0.05) is 14.9 Å². The maximum absolute atomic E-state index is 8.25. The molecule has 0 heterocycles. The Hall–Kier alpha value is -1.01. The fourth-order valence-corrected chi connectivity index (χ4v) is 4.25. The predicted octanol–water partition coefficient (Wildman–Crippen LogP) is 7.96. The molecule has 2 aromatic rings. The average molecular weight is 554 g/mol. The Labute approximate surface area is 202 Å². The summed E-state index contributed by atoms with van der Waals surface area (Å²) in [6, 6.07) is 15.8. The predicted molar refractivity (Wildman–Crippen MR) is 135 cm³/mol. The highest BCUT2D eigenvalue weighted by molar-refractivity contribution is 9.10. The Bertz CT molecular complexity index is 813. The highest BCUT2D eigenvalue weighted by Crippen LogP contribution is 2.28. The minimum absolute atomic E-state index is 0.328. The smallest absolute Gasteiger partial charge is 0.537 e. The molecule has 0 aromatic heterocycles. The number of hydrogen-bond acceptors (Lipinski definition) is 2. The van der Waals surface area contributed by atoms with Crippen molar-refractivity contribution < 1.29 is 9.68 Å². The molecule has 1 N–H and O–H groups in total. The van der Waals surface area contributed by atoms with Crippen LogP contribution in [0.3, 0.4) is 0 Å². The maximum Gasteiger partial charge on any atom is 0.569 e. The van der Waals surface area contributed by atoms with Crippen molar-refractivity contribution in [1.29, 1.82) is 0 Å². The van der Waals surface area contributed by atoms with Crippen molar-refractivity contribution in [2.24, 2.45) is 0 Å². The van der Waals surface area contributed by atoms with Crippen LogP contribution in [0.2, 0.25) is 0 Å². The fraction of sp³-hybridized carbons (Fsp3) is 0.333. The van der Waals surface area contributed by atoms with Crippen LogP contribution in [0.1, 0.15) is 50.0 Å². The first kappa shape index (κ1) is 25.3. The highest BCUT2D eigenvalue weighted by atomic mass is 79.9. The molecule has 2 aliphatic carbocycles. The van der Waals surface area contributed by atoms with E-state index in [-0.39, 0.29) is 0 Å². The largest absolute Gasteiger partial charge is 0.569 e. The fourth-order valence-electron chi connectivity index (χ4n) is 3.20. The van der Waals surface area contributed by atoms with Crippen molar-refractivity contribution >= 4 is 51.1 Å². The molecule has 0 amide bonds. The summed E-state index contributed by atoms with van der Waals surface area (Å²) in [5.41, 5.74) is 1.44. The van der Waals surface area contributed by atoms with Crippen LogP contribution >= 0.6 is 43.5 Å². The molecule has 0 spiro atoms. The van der Waals surface area contributed by atoms with Crippen molar-refractivity contribution in [2.45, 2.75) is 49.8 Å². The first-order valence-corrected chi connectivity index (χ1v) is 12.2.